The molecule has 0 aliphatic carbocycles. The summed E-state index contributed by atoms with van der Waals surface area (Å²) in [5, 5.41) is 15.3. The van der Waals surface area contributed by atoms with E-state index in [2.05, 4.69) is 15.4 Å². The molecule has 2 aromatic carbocycles. The van der Waals surface area contributed by atoms with Crippen LogP contribution in [0.5, 0.6) is 0 Å². The first-order valence-corrected chi connectivity index (χ1v) is 8.17. The van der Waals surface area contributed by atoms with Crippen LogP contribution in [0.15, 0.2) is 29.4 Å². The number of fused-ring (bicyclic) bond motifs is 3. The molecule has 0 atom stereocenters. The van der Waals surface area contributed by atoms with Crippen LogP contribution in [0.2, 0.25) is 0 Å². The molecule has 2 N–H and O–H groups in total. The lowest BCUT2D eigenvalue weighted by Crippen LogP contribution is -2.28. The van der Waals surface area contributed by atoms with Gasteiger partial charge >= 0.3 is 0 Å². The summed E-state index contributed by atoms with van der Waals surface area (Å²) >= 11 is 0. The quantitative estimate of drug-likeness (QED) is 0.620. The van der Waals surface area contributed by atoms with Gasteiger partial charge in [-0.05, 0) is 66.4 Å². The highest BCUT2D eigenvalue weighted by molar-refractivity contribution is 6.54. The molecular formula is C19H18FN3O2. The van der Waals surface area contributed by atoms with Crippen molar-refractivity contribution >= 4 is 17.3 Å². The number of oxime groups is 1. The van der Waals surface area contributed by atoms with Gasteiger partial charge in [0.1, 0.15) is 5.82 Å². The standard InChI is InChI=1S/C19H18FN3O2/c1-10-7-11(20)3-4-12(10)14-8-15-17(21-19(24)18(15)22-25)16-9-23(2)6-5-13(14)16/h3-4,7-8,25H,5-6,9H2,1-2H3,(H,21,22,24). The van der Waals surface area contributed by atoms with Crippen molar-refractivity contribution in [3.63, 3.8) is 0 Å². The molecule has 5 nitrogen and oxygen atoms in total. The van der Waals surface area contributed by atoms with Crippen LogP contribution in [0.4, 0.5) is 10.1 Å². The third kappa shape index (κ3) is 2.41. The van der Waals surface area contributed by atoms with Crippen LogP contribution < -0.4 is 5.32 Å². The Bertz CT molecular complexity index is 937. The number of hydrogen-bond acceptors (Lipinski definition) is 4. The third-order valence-corrected chi connectivity index (χ3v) is 5.01. The summed E-state index contributed by atoms with van der Waals surface area (Å²) in [6.45, 7) is 3.48. The van der Waals surface area contributed by atoms with Gasteiger partial charge in [0.05, 0.1) is 5.69 Å². The number of carbonyl (C=O) groups is 1. The largest absolute Gasteiger partial charge is 0.410 e. The molecule has 4 rings (SSSR count). The molecule has 0 fully saturated rings. The Labute approximate surface area is 144 Å². The van der Waals surface area contributed by atoms with E-state index in [1.165, 1.54) is 12.1 Å². The highest BCUT2D eigenvalue weighted by Gasteiger charge is 2.33. The second kappa shape index (κ2) is 5.67. The van der Waals surface area contributed by atoms with Crippen LogP contribution >= 0.6 is 0 Å². The molecule has 0 saturated carbocycles. The Hall–Kier alpha value is -2.73. The summed E-state index contributed by atoms with van der Waals surface area (Å²) in [4.78, 5) is 14.3. The van der Waals surface area contributed by atoms with Crippen molar-refractivity contribution in [1.82, 2.24) is 4.90 Å². The number of halogens is 1. The number of likely N-dealkylation sites (N-methyl/N-ethyl adjacent to an activating group) is 1. The average molecular weight is 339 g/mol. The molecule has 0 radical (unpaired) electrons. The Kier molecular flexibility index (Phi) is 3.58. The van der Waals surface area contributed by atoms with Crippen molar-refractivity contribution in [1.29, 1.82) is 0 Å². The van der Waals surface area contributed by atoms with Crippen LogP contribution in [0.25, 0.3) is 11.1 Å². The highest BCUT2D eigenvalue weighted by Crippen LogP contribution is 2.40. The predicted molar refractivity (Wildman–Crippen MR) is 93.6 cm³/mol. The predicted octanol–water partition coefficient (Wildman–Crippen LogP) is 2.92. The molecule has 2 aliphatic rings. The van der Waals surface area contributed by atoms with Gasteiger partial charge in [0, 0.05) is 18.7 Å². The van der Waals surface area contributed by atoms with E-state index in [-0.39, 0.29) is 11.5 Å². The maximum absolute atomic E-state index is 13.5. The van der Waals surface area contributed by atoms with Gasteiger partial charge in [-0.3, -0.25) is 4.79 Å². The smallest absolute Gasteiger partial charge is 0.278 e. The van der Waals surface area contributed by atoms with Crippen LogP contribution in [0.1, 0.15) is 22.3 Å². The third-order valence-electron chi connectivity index (χ3n) is 5.01. The number of nitrogens with zero attached hydrogens (tertiary/aromatic N) is 2. The maximum atomic E-state index is 13.5. The SMILES string of the molecule is Cc1cc(F)ccc1-c1cc2c(c3c1CCN(C)C3)NC(=O)/C2=N/O. The molecule has 2 aromatic rings. The molecule has 1 amide bonds. The van der Waals surface area contributed by atoms with Gasteiger partial charge in [0.15, 0.2) is 5.71 Å². The van der Waals surface area contributed by atoms with Gasteiger partial charge in [0.2, 0.25) is 0 Å². The van der Waals surface area contributed by atoms with Gasteiger partial charge in [-0.15, -0.1) is 0 Å². The van der Waals surface area contributed by atoms with Gasteiger partial charge in [-0.1, -0.05) is 11.2 Å². The highest BCUT2D eigenvalue weighted by atomic mass is 19.1. The molecule has 128 valence electrons. The first-order valence-electron chi connectivity index (χ1n) is 8.17. The molecule has 0 unspecified atom stereocenters. The fourth-order valence-corrected chi connectivity index (χ4v) is 3.78. The summed E-state index contributed by atoms with van der Waals surface area (Å²) in [6.07, 6.45) is 0.840. The number of aryl methyl sites for hydroxylation is 1. The molecule has 2 heterocycles. The zero-order valence-electron chi connectivity index (χ0n) is 14.1. The lowest BCUT2D eigenvalue weighted by molar-refractivity contribution is -0.110. The summed E-state index contributed by atoms with van der Waals surface area (Å²) in [5.74, 6) is -0.675. The summed E-state index contributed by atoms with van der Waals surface area (Å²) < 4.78 is 13.5. The maximum Gasteiger partial charge on any atom is 0.278 e. The zero-order valence-corrected chi connectivity index (χ0v) is 14.1. The lowest BCUT2D eigenvalue weighted by atomic mass is 9.86. The number of nitrogens with one attached hydrogen (secondary N) is 1. The van der Waals surface area contributed by atoms with E-state index in [0.717, 1.165) is 46.5 Å². The van der Waals surface area contributed by atoms with Crippen molar-refractivity contribution in [3.8, 4) is 11.1 Å². The van der Waals surface area contributed by atoms with E-state index in [0.29, 0.717) is 12.1 Å². The zero-order chi connectivity index (χ0) is 17.7. The monoisotopic (exact) mass is 339 g/mol. The van der Waals surface area contributed by atoms with E-state index in [4.69, 9.17) is 0 Å². The van der Waals surface area contributed by atoms with Crippen LogP contribution in [-0.2, 0) is 17.8 Å². The molecular weight excluding hydrogens is 321 g/mol. The van der Waals surface area contributed by atoms with Gasteiger partial charge < -0.3 is 15.4 Å². The van der Waals surface area contributed by atoms with Crippen LogP contribution in [-0.4, -0.2) is 35.3 Å². The molecule has 0 aromatic heterocycles. The number of amides is 1. The molecule has 0 spiro atoms. The topological polar surface area (TPSA) is 64.9 Å². The van der Waals surface area contributed by atoms with Crippen molar-refractivity contribution in [2.24, 2.45) is 5.16 Å². The summed E-state index contributed by atoms with van der Waals surface area (Å²) in [6, 6.07) is 6.60. The Morgan fingerprint density at radius 3 is 2.72 bits per heavy atom. The van der Waals surface area contributed by atoms with Crippen molar-refractivity contribution in [2.75, 3.05) is 18.9 Å². The van der Waals surface area contributed by atoms with Gasteiger partial charge in [-0.25, -0.2) is 4.39 Å². The number of benzene rings is 2. The first-order chi connectivity index (χ1) is 12.0. The number of anilines is 1. The van der Waals surface area contributed by atoms with Crippen molar-refractivity contribution in [3.05, 3.63) is 52.3 Å². The molecule has 25 heavy (non-hydrogen) atoms. The fraction of sp³-hybridized carbons (Fsp3) is 0.263. The average Bonchev–Trinajstić information content (AvgIpc) is 2.89. The molecule has 2 aliphatic heterocycles. The number of carbonyl (C=O) groups excluding carboxylic acids is 1. The van der Waals surface area contributed by atoms with Crippen molar-refractivity contribution in [2.45, 2.75) is 19.9 Å². The second-order valence-corrected chi connectivity index (χ2v) is 6.65. The normalized spacial score (nSPS) is 18.2. The van der Waals surface area contributed by atoms with E-state index in [1.807, 2.05) is 20.0 Å². The molecule has 0 bridgehead atoms. The summed E-state index contributed by atoms with van der Waals surface area (Å²) in [7, 11) is 2.03. The van der Waals surface area contributed by atoms with E-state index in [9.17, 15) is 14.4 Å². The first kappa shape index (κ1) is 15.8. The number of hydrogen-bond donors (Lipinski definition) is 2. The van der Waals surface area contributed by atoms with E-state index in [1.54, 1.807) is 6.07 Å². The second-order valence-electron chi connectivity index (χ2n) is 6.65. The van der Waals surface area contributed by atoms with Crippen LogP contribution in [0, 0.1) is 12.7 Å². The lowest BCUT2D eigenvalue weighted by Gasteiger charge is -2.29. The molecule has 0 saturated heterocycles. The van der Waals surface area contributed by atoms with Crippen molar-refractivity contribution < 1.29 is 14.4 Å². The molecule has 6 heteroatoms. The minimum absolute atomic E-state index is 0.0204. The Balaban J connectivity index is 2.01. The Morgan fingerprint density at radius 2 is 2.00 bits per heavy atom. The fourth-order valence-electron chi connectivity index (χ4n) is 3.78. The summed E-state index contributed by atoms with van der Waals surface area (Å²) in [5.41, 5.74) is 6.28. The minimum atomic E-state index is -0.402. The Morgan fingerprint density at radius 1 is 1.20 bits per heavy atom. The van der Waals surface area contributed by atoms with Crippen LogP contribution in [0.3, 0.4) is 0 Å². The number of rotatable bonds is 1. The van der Waals surface area contributed by atoms with E-state index < -0.39 is 5.91 Å². The van der Waals surface area contributed by atoms with E-state index >= 15 is 0 Å². The van der Waals surface area contributed by atoms with Gasteiger partial charge in [0.25, 0.3) is 5.91 Å². The van der Waals surface area contributed by atoms with Gasteiger partial charge in [-0.2, -0.15) is 0 Å². The minimum Gasteiger partial charge on any atom is -0.410 e.